The maximum Gasteiger partial charge on any atom is 0.0434 e. The van der Waals surface area contributed by atoms with Crippen molar-refractivity contribution < 1.29 is 5.11 Å². The summed E-state index contributed by atoms with van der Waals surface area (Å²) in [6.45, 7) is 2.45. The van der Waals surface area contributed by atoms with Crippen LogP contribution in [0.2, 0.25) is 0 Å². The van der Waals surface area contributed by atoms with E-state index in [1.807, 2.05) is 0 Å². The van der Waals surface area contributed by atoms with Crippen LogP contribution < -0.4 is 0 Å². The van der Waals surface area contributed by atoms with Crippen LogP contribution >= 0.6 is 0 Å². The molecule has 1 heterocycles. The molecule has 0 radical (unpaired) electrons. The van der Waals surface area contributed by atoms with Gasteiger partial charge in [-0.15, -0.1) is 0 Å². The molecule has 0 amide bonds. The van der Waals surface area contributed by atoms with Gasteiger partial charge in [-0.05, 0) is 42.9 Å². The Morgan fingerprint density at radius 2 is 1.55 bits per heavy atom. The van der Waals surface area contributed by atoms with E-state index in [2.05, 4.69) is 65.6 Å². The molecule has 2 aromatic carbocycles. The van der Waals surface area contributed by atoms with Gasteiger partial charge in [0.25, 0.3) is 0 Å². The van der Waals surface area contributed by atoms with Crippen LogP contribution in [0.3, 0.4) is 0 Å². The summed E-state index contributed by atoms with van der Waals surface area (Å²) in [7, 11) is 0. The molecule has 0 aliphatic carbocycles. The molecule has 2 atom stereocenters. The van der Waals surface area contributed by atoms with Gasteiger partial charge in [0, 0.05) is 19.2 Å². The third kappa shape index (κ3) is 3.76. The van der Waals surface area contributed by atoms with E-state index in [4.69, 9.17) is 0 Å². The minimum Gasteiger partial charge on any atom is -0.396 e. The fourth-order valence-electron chi connectivity index (χ4n) is 3.66. The van der Waals surface area contributed by atoms with Crippen LogP contribution in [0.5, 0.6) is 0 Å². The summed E-state index contributed by atoms with van der Waals surface area (Å²) in [4.78, 5) is 2.60. The van der Waals surface area contributed by atoms with Crippen LogP contribution in [0.1, 0.15) is 24.0 Å². The summed E-state index contributed by atoms with van der Waals surface area (Å²) in [6, 6.07) is 22.0. The molecule has 2 nitrogen and oxygen atoms in total. The van der Waals surface area contributed by atoms with Gasteiger partial charge in [-0.25, -0.2) is 0 Å². The topological polar surface area (TPSA) is 23.5 Å². The first-order valence-electron chi connectivity index (χ1n) is 8.29. The van der Waals surface area contributed by atoms with Crippen molar-refractivity contribution in [1.82, 2.24) is 4.90 Å². The number of rotatable bonds is 6. The number of nitrogens with zero attached hydrogens (tertiary/aromatic N) is 1. The van der Waals surface area contributed by atoms with Crippen molar-refractivity contribution in [2.45, 2.75) is 31.8 Å². The maximum absolute atomic E-state index is 9.37. The van der Waals surface area contributed by atoms with Gasteiger partial charge in [0.2, 0.25) is 0 Å². The average Bonchev–Trinajstić information content (AvgIpc) is 2.92. The van der Waals surface area contributed by atoms with Gasteiger partial charge in [0.05, 0.1) is 0 Å². The number of hydrogen-bond donors (Lipinski definition) is 1. The molecule has 1 N–H and O–H groups in total. The highest BCUT2D eigenvalue weighted by atomic mass is 16.3. The van der Waals surface area contributed by atoms with E-state index in [1.165, 1.54) is 17.5 Å². The normalized spacial score (nSPS) is 22.0. The number of aliphatic hydroxyl groups excluding tert-OH is 1. The van der Waals surface area contributed by atoms with E-state index >= 15 is 0 Å². The highest BCUT2D eigenvalue weighted by Crippen LogP contribution is 2.30. The largest absolute Gasteiger partial charge is 0.396 e. The summed E-state index contributed by atoms with van der Waals surface area (Å²) < 4.78 is 0. The molecule has 0 bridgehead atoms. The van der Waals surface area contributed by atoms with Gasteiger partial charge in [-0.3, -0.25) is 4.90 Å². The van der Waals surface area contributed by atoms with Crippen molar-refractivity contribution in [1.29, 1.82) is 0 Å². The molecule has 2 aromatic rings. The lowest BCUT2D eigenvalue weighted by Gasteiger charge is -2.28. The standard InChI is InChI=1S/C20H25NO/c22-14-12-19-11-13-21(16-18-9-5-2-6-10-18)20(19)15-17-7-3-1-4-8-17/h1-10,19-20,22H,11-16H2. The molecule has 1 aliphatic rings. The SMILES string of the molecule is OCCC1CCN(Cc2ccccc2)C1Cc1ccccc1. The van der Waals surface area contributed by atoms with Crippen LogP contribution in [-0.2, 0) is 13.0 Å². The second kappa shape index (κ2) is 7.57. The Hall–Kier alpha value is -1.64. The number of hydrogen-bond acceptors (Lipinski definition) is 2. The Bertz CT molecular complexity index is 554. The zero-order chi connectivity index (χ0) is 15.2. The van der Waals surface area contributed by atoms with Crippen molar-refractivity contribution in [2.75, 3.05) is 13.2 Å². The van der Waals surface area contributed by atoms with Gasteiger partial charge in [-0.1, -0.05) is 60.7 Å². The Morgan fingerprint density at radius 1 is 0.909 bits per heavy atom. The first kappa shape index (κ1) is 15.3. The zero-order valence-corrected chi connectivity index (χ0v) is 13.1. The van der Waals surface area contributed by atoms with Crippen molar-refractivity contribution in [3.63, 3.8) is 0 Å². The Balaban J connectivity index is 1.73. The number of benzene rings is 2. The highest BCUT2D eigenvalue weighted by Gasteiger charge is 2.33. The average molecular weight is 295 g/mol. The maximum atomic E-state index is 9.37. The van der Waals surface area contributed by atoms with Crippen molar-refractivity contribution >= 4 is 0 Å². The Morgan fingerprint density at radius 3 is 2.18 bits per heavy atom. The summed E-state index contributed by atoms with van der Waals surface area (Å²) in [5.74, 6) is 0.605. The molecule has 1 fully saturated rings. The van der Waals surface area contributed by atoms with E-state index in [0.717, 1.165) is 25.9 Å². The van der Waals surface area contributed by atoms with Crippen molar-refractivity contribution in [2.24, 2.45) is 5.92 Å². The second-order valence-corrected chi connectivity index (χ2v) is 6.27. The molecule has 3 rings (SSSR count). The van der Waals surface area contributed by atoms with Gasteiger partial charge in [0.1, 0.15) is 0 Å². The summed E-state index contributed by atoms with van der Waals surface area (Å²) >= 11 is 0. The van der Waals surface area contributed by atoms with Crippen LogP contribution in [0.15, 0.2) is 60.7 Å². The first-order valence-corrected chi connectivity index (χ1v) is 8.29. The van der Waals surface area contributed by atoms with Crippen LogP contribution in [0.25, 0.3) is 0 Å². The molecule has 1 saturated heterocycles. The predicted molar refractivity (Wildman–Crippen MR) is 90.6 cm³/mol. The second-order valence-electron chi connectivity index (χ2n) is 6.27. The molecular weight excluding hydrogens is 270 g/mol. The predicted octanol–water partition coefficient (Wildman–Crippen LogP) is 3.50. The molecule has 2 unspecified atom stereocenters. The van der Waals surface area contributed by atoms with E-state index in [0.29, 0.717) is 18.6 Å². The van der Waals surface area contributed by atoms with Gasteiger partial charge < -0.3 is 5.11 Å². The van der Waals surface area contributed by atoms with Crippen molar-refractivity contribution in [3.8, 4) is 0 Å². The third-order valence-corrected chi connectivity index (χ3v) is 4.82. The molecule has 0 spiro atoms. The lowest BCUT2D eigenvalue weighted by Crippen LogP contribution is -2.34. The van der Waals surface area contributed by atoms with Gasteiger partial charge in [0.15, 0.2) is 0 Å². The summed E-state index contributed by atoms with van der Waals surface area (Å²) in [5.41, 5.74) is 2.78. The van der Waals surface area contributed by atoms with E-state index in [9.17, 15) is 5.11 Å². The van der Waals surface area contributed by atoms with Crippen LogP contribution in [-0.4, -0.2) is 29.2 Å². The monoisotopic (exact) mass is 295 g/mol. The highest BCUT2D eigenvalue weighted by molar-refractivity contribution is 5.18. The first-order chi connectivity index (χ1) is 10.9. The van der Waals surface area contributed by atoms with Crippen LogP contribution in [0.4, 0.5) is 0 Å². The van der Waals surface area contributed by atoms with E-state index < -0.39 is 0 Å². The Labute approximate surface area is 133 Å². The molecule has 0 saturated carbocycles. The van der Waals surface area contributed by atoms with E-state index in [1.54, 1.807) is 0 Å². The van der Waals surface area contributed by atoms with Crippen LogP contribution in [0, 0.1) is 5.92 Å². The minimum absolute atomic E-state index is 0.301. The number of likely N-dealkylation sites (tertiary alicyclic amines) is 1. The van der Waals surface area contributed by atoms with Crippen molar-refractivity contribution in [3.05, 3.63) is 71.8 Å². The third-order valence-electron chi connectivity index (χ3n) is 4.82. The molecule has 1 aliphatic heterocycles. The zero-order valence-electron chi connectivity index (χ0n) is 13.1. The minimum atomic E-state index is 0.301. The fourth-order valence-corrected chi connectivity index (χ4v) is 3.66. The summed E-state index contributed by atoms with van der Waals surface area (Å²) in [5, 5.41) is 9.37. The lowest BCUT2D eigenvalue weighted by molar-refractivity contribution is 0.188. The smallest absolute Gasteiger partial charge is 0.0434 e. The molecule has 22 heavy (non-hydrogen) atoms. The summed E-state index contributed by atoms with van der Waals surface area (Å²) in [6.07, 6.45) is 3.20. The Kier molecular flexibility index (Phi) is 5.25. The molecule has 116 valence electrons. The number of aliphatic hydroxyl groups is 1. The molecular formula is C20H25NO. The van der Waals surface area contributed by atoms with Gasteiger partial charge >= 0.3 is 0 Å². The van der Waals surface area contributed by atoms with Gasteiger partial charge in [-0.2, -0.15) is 0 Å². The van der Waals surface area contributed by atoms with E-state index in [-0.39, 0.29) is 0 Å². The molecule has 0 aromatic heterocycles. The lowest BCUT2D eigenvalue weighted by atomic mass is 9.91. The fraction of sp³-hybridized carbons (Fsp3) is 0.400. The molecule has 2 heteroatoms. The quantitative estimate of drug-likeness (QED) is 0.881.